The Bertz CT molecular complexity index is 1220. The number of hydrogen-bond acceptors (Lipinski definition) is 6. The molecule has 1 aliphatic heterocycles. The summed E-state index contributed by atoms with van der Waals surface area (Å²) in [6, 6.07) is -2.66. The van der Waals surface area contributed by atoms with Gasteiger partial charge in [-0.2, -0.15) is 31.4 Å². The maximum atomic E-state index is 13.7. The average Bonchev–Trinajstić information content (AvgIpc) is 3.38. The Morgan fingerprint density at radius 3 is 2.35 bits per heavy atom. The Morgan fingerprint density at radius 1 is 1.18 bits per heavy atom. The summed E-state index contributed by atoms with van der Waals surface area (Å²) in [5.41, 5.74) is -2.37. The van der Waals surface area contributed by atoms with Gasteiger partial charge in [0, 0.05) is 13.5 Å². The van der Waals surface area contributed by atoms with Crippen molar-refractivity contribution in [2.75, 3.05) is 13.7 Å². The molecule has 0 unspecified atom stereocenters. The van der Waals surface area contributed by atoms with E-state index in [1.165, 1.54) is 30.1 Å². The summed E-state index contributed by atoms with van der Waals surface area (Å²) >= 11 is 0. The fourth-order valence-electron chi connectivity index (χ4n) is 4.03. The Hall–Kier alpha value is -3.30. The molecule has 0 aromatic carbocycles. The number of fused-ring (bicyclic) bond motifs is 1. The zero-order chi connectivity index (χ0) is 30.3. The SMILES string of the molecule is CO[C@@H](Cc1cnn2cc([C@H](CC(C)(C)C(F)(F)F)NC(=O)OC(C)(C)C)nc2c1)N1C[C@@H](C(F)(F)F)NC1=O. The molecule has 3 atom stereocenters. The number of carbonyl (C=O) groups excluding carboxylic acids is 2. The Labute approximate surface area is 226 Å². The van der Waals surface area contributed by atoms with Gasteiger partial charge in [-0.3, -0.25) is 4.90 Å². The van der Waals surface area contributed by atoms with E-state index in [0.717, 1.165) is 18.7 Å². The van der Waals surface area contributed by atoms with Crippen molar-refractivity contribution in [2.24, 2.45) is 5.41 Å². The molecule has 0 radical (unpaired) electrons. The van der Waals surface area contributed by atoms with Crippen molar-refractivity contribution in [1.82, 2.24) is 30.1 Å². The average molecular weight is 583 g/mol. The molecule has 3 rings (SSSR count). The van der Waals surface area contributed by atoms with Gasteiger partial charge in [0.1, 0.15) is 17.9 Å². The molecule has 16 heteroatoms. The van der Waals surface area contributed by atoms with Crippen LogP contribution >= 0.6 is 0 Å². The molecular weight excluding hydrogens is 550 g/mol. The standard InChI is InChI=1S/C24H32F6N6O4/c1-21(2,3)40-20(38)33-14(9-22(4,5)24(28,29)30)15-11-36-17(32-15)7-13(10-31-36)8-18(39-6)35-12-16(23(25,26)27)34-19(35)37/h7,10-11,14,16,18H,8-9,12H2,1-6H3,(H,33,38)(H,34,37)/t14-,16-,18-/m0/s1. The number of nitrogens with one attached hydrogen (secondary N) is 2. The van der Waals surface area contributed by atoms with Crippen LogP contribution < -0.4 is 10.6 Å². The first-order chi connectivity index (χ1) is 18.2. The van der Waals surface area contributed by atoms with E-state index in [9.17, 15) is 35.9 Å². The first-order valence-corrected chi connectivity index (χ1v) is 12.3. The van der Waals surface area contributed by atoms with Crippen molar-refractivity contribution in [1.29, 1.82) is 0 Å². The molecule has 0 bridgehead atoms. The van der Waals surface area contributed by atoms with Crippen molar-refractivity contribution >= 4 is 17.8 Å². The number of alkyl halides is 6. The Kier molecular flexibility index (Phi) is 8.54. The summed E-state index contributed by atoms with van der Waals surface area (Å²) in [5, 5.41) is 8.53. The van der Waals surface area contributed by atoms with Crippen LogP contribution in [0.15, 0.2) is 18.5 Å². The van der Waals surface area contributed by atoms with Crippen molar-refractivity contribution in [2.45, 2.75) is 83.7 Å². The van der Waals surface area contributed by atoms with Crippen LogP contribution in [0.5, 0.6) is 0 Å². The highest BCUT2D eigenvalue weighted by atomic mass is 19.4. The highest BCUT2D eigenvalue weighted by Gasteiger charge is 2.50. The van der Waals surface area contributed by atoms with Crippen LogP contribution in [0.1, 0.15) is 58.3 Å². The Morgan fingerprint density at radius 2 is 1.82 bits per heavy atom. The van der Waals surface area contributed by atoms with Crippen LogP contribution in [-0.2, 0) is 15.9 Å². The molecule has 1 fully saturated rings. The van der Waals surface area contributed by atoms with E-state index in [1.54, 1.807) is 20.8 Å². The third-order valence-corrected chi connectivity index (χ3v) is 6.29. The van der Waals surface area contributed by atoms with Crippen molar-refractivity contribution in [3.8, 4) is 0 Å². The number of urea groups is 1. The molecular formula is C24H32F6N6O4. The molecule has 40 heavy (non-hydrogen) atoms. The second-order valence-corrected chi connectivity index (χ2v) is 11.2. The summed E-state index contributed by atoms with van der Waals surface area (Å²) in [6.45, 7) is 6.20. The van der Waals surface area contributed by atoms with E-state index in [2.05, 4.69) is 15.4 Å². The van der Waals surface area contributed by atoms with Crippen LogP contribution in [0.25, 0.3) is 5.65 Å². The van der Waals surface area contributed by atoms with Gasteiger partial charge in [-0.1, -0.05) is 13.8 Å². The number of carbonyl (C=O) groups is 2. The number of methoxy groups -OCH3 is 1. The normalized spacial score (nSPS) is 18.6. The second-order valence-electron chi connectivity index (χ2n) is 11.2. The minimum absolute atomic E-state index is 0.0408. The minimum Gasteiger partial charge on any atom is -0.444 e. The van der Waals surface area contributed by atoms with Crippen LogP contribution in [-0.4, -0.2) is 75.5 Å². The minimum atomic E-state index is -4.63. The monoisotopic (exact) mass is 582 g/mol. The molecule has 3 heterocycles. The number of amides is 3. The third-order valence-electron chi connectivity index (χ3n) is 6.29. The number of hydrogen-bond donors (Lipinski definition) is 2. The number of rotatable bonds is 8. The largest absolute Gasteiger partial charge is 0.444 e. The Balaban J connectivity index is 1.86. The number of aromatic nitrogens is 3. The predicted octanol–water partition coefficient (Wildman–Crippen LogP) is 4.74. The van der Waals surface area contributed by atoms with Crippen LogP contribution in [0.3, 0.4) is 0 Å². The molecule has 2 N–H and O–H groups in total. The number of ether oxygens (including phenoxy) is 2. The number of halogens is 6. The predicted molar refractivity (Wildman–Crippen MR) is 129 cm³/mol. The van der Waals surface area contributed by atoms with Crippen LogP contribution in [0, 0.1) is 5.41 Å². The summed E-state index contributed by atoms with van der Waals surface area (Å²) < 4.78 is 92.1. The first kappa shape index (κ1) is 31.2. The van der Waals surface area contributed by atoms with E-state index in [1.807, 2.05) is 5.32 Å². The summed E-state index contributed by atoms with van der Waals surface area (Å²) in [6.07, 6.45) is -9.04. The molecule has 1 saturated heterocycles. The summed E-state index contributed by atoms with van der Waals surface area (Å²) in [4.78, 5) is 29.9. The van der Waals surface area contributed by atoms with Gasteiger partial charge in [-0.25, -0.2) is 19.1 Å². The van der Waals surface area contributed by atoms with Crippen molar-refractivity contribution < 1.29 is 45.4 Å². The zero-order valence-electron chi connectivity index (χ0n) is 22.8. The topological polar surface area (TPSA) is 110 Å². The van der Waals surface area contributed by atoms with E-state index < -0.39 is 66.8 Å². The number of nitrogens with zero attached hydrogens (tertiary/aromatic N) is 4. The van der Waals surface area contributed by atoms with Gasteiger partial charge in [0.2, 0.25) is 0 Å². The van der Waals surface area contributed by atoms with Gasteiger partial charge in [-0.15, -0.1) is 0 Å². The lowest BCUT2D eigenvalue weighted by Gasteiger charge is -2.32. The number of imidazole rings is 1. The first-order valence-electron chi connectivity index (χ1n) is 12.3. The van der Waals surface area contributed by atoms with E-state index >= 15 is 0 Å². The number of alkyl carbamates (subject to hydrolysis) is 1. The summed E-state index contributed by atoms with van der Waals surface area (Å²) in [7, 11) is 1.24. The van der Waals surface area contributed by atoms with Crippen molar-refractivity contribution in [3.05, 3.63) is 29.7 Å². The highest BCUT2D eigenvalue weighted by molar-refractivity contribution is 5.77. The summed E-state index contributed by atoms with van der Waals surface area (Å²) in [5.74, 6) is 0. The smallest absolute Gasteiger partial charge is 0.410 e. The molecule has 2 aromatic heterocycles. The molecule has 0 spiro atoms. The highest BCUT2D eigenvalue weighted by Crippen LogP contribution is 2.43. The van der Waals surface area contributed by atoms with E-state index in [0.29, 0.717) is 5.56 Å². The van der Waals surface area contributed by atoms with Gasteiger partial charge in [0.05, 0.1) is 36.1 Å². The van der Waals surface area contributed by atoms with Gasteiger partial charge >= 0.3 is 24.5 Å². The molecule has 3 amide bonds. The zero-order valence-corrected chi connectivity index (χ0v) is 22.8. The second kappa shape index (κ2) is 10.9. The maximum Gasteiger partial charge on any atom is 0.410 e. The lowest BCUT2D eigenvalue weighted by atomic mass is 9.84. The molecule has 10 nitrogen and oxygen atoms in total. The lowest BCUT2D eigenvalue weighted by molar-refractivity contribution is -0.215. The van der Waals surface area contributed by atoms with Crippen LogP contribution in [0.2, 0.25) is 0 Å². The lowest BCUT2D eigenvalue weighted by Crippen LogP contribution is -2.41. The fourth-order valence-corrected chi connectivity index (χ4v) is 4.03. The molecule has 1 aliphatic rings. The van der Waals surface area contributed by atoms with Gasteiger partial charge in [-0.05, 0) is 38.8 Å². The maximum absolute atomic E-state index is 13.7. The third kappa shape index (κ3) is 7.46. The van der Waals surface area contributed by atoms with Gasteiger partial charge in [0.15, 0.2) is 5.65 Å². The molecule has 0 aliphatic carbocycles. The van der Waals surface area contributed by atoms with Crippen LogP contribution in [0.4, 0.5) is 35.9 Å². The van der Waals surface area contributed by atoms with E-state index in [4.69, 9.17) is 9.47 Å². The fraction of sp³-hybridized carbons (Fsp3) is 0.667. The van der Waals surface area contributed by atoms with Gasteiger partial charge in [0.25, 0.3) is 0 Å². The van der Waals surface area contributed by atoms with E-state index in [-0.39, 0.29) is 17.8 Å². The van der Waals surface area contributed by atoms with Crippen molar-refractivity contribution in [3.63, 3.8) is 0 Å². The quantitative estimate of drug-likeness (QED) is 0.435. The molecule has 0 saturated carbocycles. The van der Waals surface area contributed by atoms with Gasteiger partial charge < -0.3 is 20.1 Å². The molecule has 2 aromatic rings. The molecule has 224 valence electrons.